The third-order valence-corrected chi connectivity index (χ3v) is 4.85. The quantitative estimate of drug-likeness (QED) is 0.772. The normalized spacial score (nSPS) is 12.9. The van der Waals surface area contributed by atoms with Gasteiger partial charge in [0.15, 0.2) is 0 Å². The molecule has 1 aliphatic rings. The highest BCUT2D eigenvalue weighted by Crippen LogP contribution is 2.31. The number of nitrogens with one attached hydrogen (secondary N) is 1. The van der Waals surface area contributed by atoms with Crippen molar-refractivity contribution in [1.82, 2.24) is 9.55 Å². The molecule has 26 heavy (non-hydrogen) atoms. The number of anilines is 2. The molecule has 0 unspecified atom stereocenters. The number of amides is 1. The molecule has 0 bridgehead atoms. The summed E-state index contributed by atoms with van der Waals surface area (Å²) in [6.45, 7) is 1.41. The number of carbonyl (C=O) groups is 1. The van der Waals surface area contributed by atoms with Gasteiger partial charge in [0, 0.05) is 37.4 Å². The summed E-state index contributed by atoms with van der Waals surface area (Å²) in [5.74, 6) is 1.12. The van der Waals surface area contributed by atoms with Crippen molar-refractivity contribution in [2.24, 2.45) is 7.05 Å². The zero-order valence-corrected chi connectivity index (χ0v) is 14.9. The summed E-state index contributed by atoms with van der Waals surface area (Å²) >= 11 is 0. The largest absolute Gasteiger partial charge is 0.378 e. The molecule has 0 saturated carbocycles. The molecule has 1 aromatic heterocycles. The van der Waals surface area contributed by atoms with Crippen LogP contribution in [-0.4, -0.2) is 22.0 Å². The van der Waals surface area contributed by atoms with Crippen molar-refractivity contribution in [3.8, 4) is 0 Å². The molecular weight excluding hydrogens is 324 g/mol. The van der Waals surface area contributed by atoms with E-state index in [1.165, 1.54) is 5.56 Å². The molecule has 1 amide bonds. The summed E-state index contributed by atoms with van der Waals surface area (Å²) in [6, 6.07) is 16.2. The Labute approximate surface area is 153 Å². The maximum atomic E-state index is 12.8. The Balaban J connectivity index is 1.48. The van der Waals surface area contributed by atoms with Crippen LogP contribution in [0.1, 0.15) is 17.0 Å². The first kappa shape index (κ1) is 16.4. The van der Waals surface area contributed by atoms with Gasteiger partial charge < -0.3 is 14.8 Å². The number of benzene rings is 2. The van der Waals surface area contributed by atoms with Crippen LogP contribution in [0.4, 0.5) is 11.4 Å². The Bertz CT molecular complexity index is 917. The van der Waals surface area contributed by atoms with Crippen LogP contribution in [0.2, 0.25) is 0 Å². The zero-order chi connectivity index (χ0) is 17.9. The molecule has 4 rings (SSSR count). The second kappa shape index (κ2) is 7.04. The minimum atomic E-state index is 0.149. The molecule has 0 saturated heterocycles. The average Bonchev–Trinajstić information content (AvgIpc) is 3.26. The SMILES string of the molecule is Cn1ccnc1CNc1ccc2c(c1)N(C(=O)Cc1ccccc1)CC2. The first-order chi connectivity index (χ1) is 12.7. The summed E-state index contributed by atoms with van der Waals surface area (Å²) in [4.78, 5) is 19.0. The highest BCUT2D eigenvalue weighted by atomic mass is 16.2. The minimum Gasteiger partial charge on any atom is -0.378 e. The van der Waals surface area contributed by atoms with Crippen molar-refractivity contribution in [2.45, 2.75) is 19.4 Å². The Morgan fingerprint density at radius 3 is 2.81 bits per heavy atom. The van der Waals surface area contributed by atoms with Crippen LogP contribution >= 0.6 is 0 Å². The molecule has 0 aliphatic carbocycles. The Morgan fingerprint density at radius 1 is 1.19 bits per heavy atom. The van der Waals surface area contributed by atoms with E-state index in [0.717, 1.165) is 35.7 Å². The fourth-order valence-corrected chi connectivity index (χ4v) is 3.36. The van der Waals surface area contributed by atoms with E-state index in [9.17, 15) is 4.79 Å². The van der Waals surface area contributed by atoms with Crippen LogP contribution in [0.5, 0.6) is 0 Å². The van der Waals surface area contributed by atoms with Crippen LogP contribution < -0.4 is 10.2 Å². The molecule has 3 aromatic rings. The van der Waals surface area contributed by atoms with Gasteiger partial charge in [-0.2, -0.15) is 0 Å². The summed E-state index contributed by atoms with van der Waals surface area (Å²) in [6.07, 6.45) is 5.08. The van der Waals surface area contributed by atoms with Crippen molar-refractivity contribution in [2.75, 3.05) is 16.8 Å². The van der Waals surface area contributed by atoms with Gasteiger partial charge in [0.05, 0.1) is 13.0 Å². The lowest BCUT2D eigenvalue weighted by atomic mass is 10.1. The number of fused-ring (bicyclic) bond motifs is 1. The standard InChI is InChI=1S/C21H22N4O/c1-24-12-10-22-20(24)15-23-18-8-7-17-9-11-25(19(17)14-18)21(26)13-16-5-3-2-4-6-16/h2-8,10,12,14,23H,9,11,13,15H2,1H3. The minimum absolute atomic E-state index is 0.149. The maximum absolute atomic E-state index is 12.8. The van der Waals surface area contributed by atoms with Crippen LogP contribution in [0, 0.1) is 0 Å². The number of nitrogens with zero attached hydrogens (tertiary/aromatic N) is 3. The Kier molecular flexibility index (Phi) is 4.44. The first-order valence-electron chi connectivity index (χ1n) is 8.88. The van der Waals surface area contributed by atoms with Gasteiger partial charge in [0.2, 0.25) is 5.91 Å². The molecule has 1 aliphatic heterocycles. The number of rotatable bonds is 5. The second-order valence-electron chi connectivity index (χ2n) is 6.61. The molecule has 2 heterocycles. The van der Waals surface area contributed by atoms with E-state index in [-0.39, 0.29) is 5.91 Å². The van der Waals surface area contributed by atoms with Gasteiger partial charge in [0.25, 0.3) is 0 Å². The topological polar surface area (TPSA) is 50.2 Å². The number of aromatic nitrogens is 2. The van der Waals surface area contributed by atoms with Crippen molar-refractivity contribution in [3.63, 3.8) is 0 Å². The van der Waals surface area contributed by atoms with Gasteiger partial charge in [-0.05, 0) is 29.7 Å². The molecule has 132 valence electrons. The maximum Gasteiger partial charge on any atom is 0.231 e. The Morgan fingerprint density at radius 2 is 2.04 bits per heavy atom. The van der Waals surface area contributed by atoms with Gasteiger partial charge in [0.1, 0.15) is 5.82 Å². The van der Waals surface area contributed by atoms with Crippen LogP contribution in [-0.2, 0) is 31.2 Å². The highest BCUT2D eigenvalue weighted by Gasteiger charge is 2.24. The van der Waals surface area contributed by atoms with Crippen LogP contribution in [0.25, 0.3) is 0 Å². The zero-order valence-electron chi connectivity index (χ0n) is 14.9. The third kappa shape index (κ3) is 3.33. The summed E-state index contributed by atoms with van der Waals surface area (Å²) in [7, 11) is 1.98. The fraction of sp³-hybridized carbons (Fsp3) is 0.238. The van der Waals surface area contributed by atoms with Gasteiger partial charge >= 0.3 is 0 Å². The number of carbonyl (C=O) groups excluding carboxylic acids is 1. The molecular formula is C21H22N4O. The number of hydrogen-bond acceptors (Lipinski definition) is 3. The molecule has 1 N–H and O–H groups in total. The molecule has 5 nitrogen and oxygen atoms in total. The highest BCUT2D eigenvalue weighted by molar-refractivity contribution is 5.97. The lowest BCUT2D eigenvalue weighted by Gasteiger charge is -2.18. The second-order valence-corrected chi connectivity index (χ2v) is 6.61. The number of aryl methyl sites for hydroxylation is 1. The van der Waals surface area contributed by atoms with Gasteiger partial charge in [-0.25, -0.2) is 4.98 Å². The predicted molar refractivity (Wildman–Crippen MR) is 103 cm³/mol. The number of hydrogen-bond donors (Lipinski definition) is 1. The van der Waals surface area contributed by atoms with E-state index in [4.69, 9.17) is 0 Å². The molecule has 0 fully saturated rings. The monoisotopic (exact) mass is 346 g/mol. The molecule has 2 aromatic carbocycles. The van der Waals surface area contributed by atoms with Gasteiger partial charge in [-0.15, -0.1) is 0 Å². The van der Waals surface area contributed by atoms with E-state index >= 15 is 0 Å². The lowest BCUT2D eigenvalue weighted by molar-refractivity contribution is -0.117. The lowest BCUT2D eigenvalue weighted by Crippen LogP contribution is -2.30. The predicted octanol–water partition coefficient (Wildman–Crippen LogP) is 3.16. The van der Waals surface area contributed by atoms with Crippen molar-refractivity contribution < 1.29 is 4.79 Å². The van der Waals surface area contributed by atoms with E-state index in [1.807, 2.05) is 53.0 Å². The van der Waals surface area contributed by atoms with Crippen molar-refractivity contribution in [1.29, 1.82) is 0 Å². The van der Waals surface area contributed by atoms with E-state index < -0.39 is 0 Å². The molecule has 5 heteroatoms. The van der Waals surface area contributed by atoms with Crippen LogP contribution in [0.15, 0.2) is 60.9 Å². The van der Waals surface area contributed by atoms with E-state index in [0.29, 0.717) is 13.0 Å². The Hall–Kier alpha value is -3.08. The molecule has 0 atom stereocenters. The number of imidazole rings is 1. The fourth-order valence-electron chi connectivity index (χ4n) is 3.36. The average molecular weight is 346 g/mol. The summed E-state index contributed by atoms with van der Waals surface area (Å²) in [5.41, 5.74) is 4.31. The smallest absolute Gasteiger partial charge is 0.231 e. The van der Waals surface area contributed by atoms with Crippen LogP contribution in [0.3, 0.4) is 0 Å². The van der Waals surface area contributed by atoms with Crippen molar-refractivity contribution >= 4 is 17.3 Å². The van der Waals surface area contributed by atoms with Gasteiger partial charge in [-0.3, -0.25) is 4.79 Å². The summed E-state index contributed by atoms with van der Waals surface area (Å²) < 4.78 is 2.00. The van der Waals surface area contributed by atoms with Crippen molar-refractivity contribution in [3.05, 3.63) is 77.9 Å². The summed E-state index contributed by atoms with van der Waals surface area (Å²) in [5, 5.41) is 3.41. The first-order valence-corrected chi connectivity index (χ1v) is 8.88. The molecule has 0 spiro atoms. The van der Waals surface area contributed by atoms with E-state index in [1.54, 1.807) is 6.20 Å². The molecule has 0 radical (unpaired) electrons. The van der Waals surface area contributed by atoms with Gasteiger partial charge in [-0.1, -0.05) is 36.4 Å². The third-order valence-electron chi connectivity index (χ3n) is 4.85. The van der Waals surface area contributed by atoms with E-state index in [2.05, 4.69) is 28.5 Å².